The fraction of sp³-hybridized carbons (Fsp3) is 0.562. The molecule has 0 aliphatic heterocycles. The standard InChI is InChI=1S/C16H24O3/c1-11(2)14(17)9-12-7-8-13(10-15(12)18-6)19-16(3,4)5/h7-8,10-11H,9H2,1-6H3. The molecule has 19 heavy (non-hydrogen) atoms. The van der Waals surface area contributed by atoms with Crippen LogP contribution in [0.25, 0.3) is 0 Å². The molecule has 0 saturated heterocycles. The van der Waals surface area contributed by atoms with Crippen molar-refractivity contribution in [2.24, 2.45) is 5.92 Å². The summed E-state index contributed by atoms with van der Waals surface area (Å²) >= 11 is 0. The van der Waals surface area contributed by atoms with Crippen LogP contribution in [0.5, 0.6) is 11.5 Å². The molecule has 1 rings (SSSR count). The summed E-state index contributed by atoms with van der Waals surface area (Å²) in [7, 11) is 1.61. The minimum Gasteiger partial charge on any atom is -0.496 e. The Morgan fingerprint density at radius 2 is 1.89 bits per heavy atom. The number of rotatable bonds is 5. The van der Waals surface area contributed by atoms with Crippen LogP contribution in [-0.2, 0) is 11.2 Å². The average molecular weight is 264 g/mol. The molecule has 0 unspecified atom stereocenters. The van der Waals surface area contributed by atoms with E-state index in [2.05, 4.69) is 0 Å². The summed E-state index contributed by atoms with van der Waals surface area (Å²) < 4.78 is 11.1. The van der Waals surface area contributed by atoms with Gasteiger partial charge in [0.2, 0.25) is 0 Å². The minimum absolute atomic E-state index is 0.0372. The molecule has 0 radical (unpaired) electrons. The molecule has 0 aliphatic rings. The Balaban J connectivity index is 2.93. The molecular weight excluding hydrogens is 240 g/mol. The molecule has 3 heteroatoms. The number of methoxy groups -OCH3 is 1. The Labute approximate surface area is 115 Å². The van der Waals surface area contributed by atoms with Gasteiger partial charge >= 0.3 is 0 Å². The molecular formula is C16H24O3. The van der Waals surface area contributed by atoms with E-state index in [4.69, 9.17) is 9.47 Å². The van der Waals surface area contributed by atoms with Gasteiger partial charge in [-0.2, -0.15) is 0 Å². The van der Waals surface area contributed by atoms with Crippen LogP contribution in [0.2, 0.25) is 0 Å². The molecule has 3 nitrogen and oxygen atoms in total. The zero-order valence-electron chi connectivity index (χ0n) is 12.7. The molecule has 0 atom stereocenters. The number of hydrogen-bond donors (Lipinski definition) is 0. The van der Waals surface area contributed by atoms with Gasteiger partial charge in [-0.1, -0.05) is 19.9 Å². The van der Waals surface area contributed by atoms with Gasteiger partial charge in [-0.05, 0) is 26.8 Å². The lowest BCUT2D eigenvalue weighted by atomic mass is 10.0. The number of carbonyl (C=O) groups is 1. The molecule has 0 amide bonds. The highest BCUT2D eigenvalue weighted by molar-refractivity contribution is 5.83. The van der Waals surface area contributed by atoms with Gasteiger partial charge in [0.15, 0.2) is 0 Å². The van der Waals surface area contributed by atoms with Gasteiger partial charge < -0.3 is 9.47 Å². The molecule has 0 spiro atoms. The van der Waals surface area contributed by atoms with Gasteiger partial charge in [0.1, 0.15) is 22.9 Å². The maximum Gasteiger partial charge on any atom is 0.139 e. The van der Waals surface area contributed by atoms with Gasteiger partial charge in [-0.3, -0.25) is 4.79 Å². The molecule has 106 valence electrons. The Kier molecular flexibility index (Phi) is 4.98. The van der Waals surface area contributed by atoms with E-state index in [-0.39, 0.29) is 17.3 Å². The number of ether oxygens (including phenoxy) is 2. The summed E-state index contributed by atoms with van der Waals surface area (Å²) in [6, 6.07) is 5.63. The third kappa shape index (κ3) is 4.93. The molecule has 0 aliphatic carbocycles. The second-order valence-electron chi connectivity index (χ2n) is 5.99. The summed E-state index contributed by atoms with van der Waals surface area (Å²) in [6.07, 6.45) is 0.399. The summed E-state index contributed by atoms with van der Waals surface area (Å²) in [6.45, 7) is 9.80. The van der Waals surface area contributed by atoms with Crippen molar-refractivity contribution in [3.05, 3.63) is 23.8 Å². The monoisotopic (exact) mass is 264 g/mol. The van der Waals surface area contributed by atoms with Crippen molar-refractivity contribution in [2.75, 3.05) is 7.11 Å². The normalized spacial score (nSPS) is 11.5. The zero-order chi connectivity index (χ0) is 14.6. The average Bonchev–Trinajstić information content (AvgIpc) is 2.28. The van der Waals surface area contributed by atoms with Crippen molar-refractivity contribution in [1.29, 1.82) is 0 Å². The van der Waals surface area contributed by atoms with E-state index in [0.717, 1.165) is 11.3 Å². The Bertz CT molecular complexity index is 442. The third-order valence-electron chi connectivity index (χ3n) is 2.69. The van der Waals surface area contributed by atoms with Crippen molar-refractivity contribution >= 4 is 5.78 Å². The second kappa shape index (κ2) is 6.09. The number of Topliss-reactive ketones (excluding diaryl/α,β-unsaturated/α-hetero) is 1. The molecule has 0 fully saturated rings. The zero-order valence-corrected chi connectivity index (χ0v) is 12.7. The number of ketones is 1. The Hall–Kier alpha value is -1.51. The van der Waals surface area contributed by atoms with Crippen molar-refractivity contribution in [3.8, 4) is 11.5 Å². The third-order valence-corrected chi connectivity index (χ3v) is 2.69. The van der Waals surface area contributed by atoms with Crippen LogP contribution in [0.4, 0.5) is 0 Å². The largest absolute Gasteiger partial charge is 0.496 e. The molecule has 0 aromatic heterocycles. The van der Waals surface area contributed by atoms with Crippen molar-refractivity contribution in [1.82, 2.24) is 0 Å². The maximum atomic E-state index is 11.8. The van der Waals surface area contributed by atoms with E-state index in [0.29, 0.717) is 12.2 Å². The lowest BCUT2D eigenvalue weighted by Crippen LogP contribution is -2.23. The quantitative estimate of drug-likeness (QED) is 0.814. The van der Waals surface area contributed by atoms with Gasteiger partial charge in [0.25, 0.3) is 0 Å². The first-order valence-electron chi connectivity index (χ1n) is 6.61. The van der Waals surface area contributed by atoms with Crippen LogP contribution in [0.15, 0.2) is 18.2 Å². The predicted octanol–water partition coefficient (Wildman–Crippen LogP) is 3.64. The summed E-state index contributed by atoms with van der Waals surface area (Å²) in [5.41, 5.74) is 0.655. The van der Waals surface area contributed by atoms with Crippen molar-refractivity contribution in [2.45, 2.75) is 46.6 Å². The fourth-order valence-corrected chi connectivity index (χ4v) is 1.68. The first kappa shape index (κ1) is 15.5. The molecule has 0 heterocycles. The van der Waals surface area contributed by atoms with Gasteiger partial charge in [0.05, 0.1) is 7.11 Å². The molecule has 1 aromatic carbocycles. The van der Waals surface area contributed by atoms with Gasteiger partial charge in [-0.25, -0.2) is 0 Å². The first-order valence-corrected chi connectivity index (χ1v) is 6.61. The van der Waals surface area contributed by atoms with Crippen molar-refractivity contribution < 1.29 is 14.3 Å². The molecule has 1 aromatic rings. The van der Waals surface area contributed by atoms with E-state index >= 15 is 0 Å². The van der Waals surface area contributed by atoms with Crippen LogP contribution in [0.3, 0.4) is 0 Å². The van der Waals surface area contributed by atoms with Crippen LogP contribution >= 0.6 is 0 Å². The smallest absolute Gasteiger partial charge is 0.139 e. The highest BCUT2D eigenvalue weighted by atomic mass is 16.5. The predicted molar refractivity (Wildman–Crippen MR) is 76.9 cm³/mol. The van der Waals surface area contributed by atoms with Gasteiger partial charge in [-0.15, -0.1) is 0 Å². The summed E-state index contributed by atoms with van der Waals surface area (Å²) in [5, 5.41) is 0. The van der Waals surface area contributed by atoms with Crippen LogP contribution in [0.1, 0.15) is 40.2 Å². The van der Waals surface area contributed by atoms with E-state index < -0.39 is 0 Å². The van der Waals surface area contributed by atoms with Gasteiger partial charge in [0, 0.05) is 24.0 Å². The molecule has 0 bridgehead atoms. The van der Waals surface area contributed by atoms with Crippen molar-refractivity contribution in [3.63, 3.8) is 0 Å². The topological polar surface area (TPSA) is 35.5 Å². The van der Waals surface area contributed by atoms with Crippen LogP contribution in [-0.4, -0.2) is 18.5 Å². The van der Waals surface area contributed by atoms with E-state index in [9.17, 15) is 4.79 Å². The number of benzene rings is 1. The highest BCUT2D eigenvalue weighted by Gasteiger charge is 2.15. The number of hydrogen-bond acceptors (Lipinski definition) is 3. The number of carbonyl (C=O) groups excluding carboxylic acids is 1. The first-order chi connectivity index (χ1) is 8.73. The van der Waals surface area contributed by atoms with Crippen LogP contribution in [0, 0.1) is 5.92 Å². The van der Waals surface area contributed by atoms with E-state index in [1.54, 1.807) is 7.11 Å². The van der Waals surface area contributed by atoms with E-state index in [1.807, 2.05) is 52.8 Å². The lowest BCUT2D eigenvalue weighted by Gasteiger charge is -2.22. The minimum atomic E-state index is -0.250. The molecule has 0 saturated carbocycles. The summed E-state index contributed by atoms with van der Waals surface area (Å²) in [4.78, 5) is 11.8. The maximum absolute atomic E-state index is 11.8. The lowest BCUT2D eigenvalue weighted by molar-refractivity contribution is -0.121. The second-order valence-corrected chi connectivity index (χ2v) is 5.99. The highest BCUT2D eigenvalue weighted by Crippen LogP contribution is 2.28. The Morgan fingerprint density at radius 3 is 2.37 bits per heavy atom. The SMILES string of the molecule is COc1cc(OC(C)(C)C)ccc1CC(=O)C(C)C. The Morgan fingerprint density at radius 1 is 1.26 bits per heavy atom. The van der Waals surface area contributed by atoms with Crippen LogP contribution < -0.4 is 9.47 Å². The summed E-state index contributed by atoms with van der Waals surface area (Å²) in [5.74, 6) is 1.71. The molecule has 0 N–H and O–H groups in total. The fourth-order valence-electron chi connectivity index (χ4n) is 1.68. The van der Waals surface area contributed by atoms with E-state index in [1.165, 1.54) is 0 Å².